The second-order valence-corrected chi connectivity index (χ2v) is 6.03. The van der Waals surface area contributed by atoms with Crippen LogP contribution in [0, 0.1) is 0 Å². The quantitative estimate of drug-likeness (QED) is 0.639. The summed E-state index contributed by atoms with van der Waals surface area (Å²) in [7, 11) is 0. The predicted octanol–water partition coefficient (Wildman–Crippen LogP) is 3.73. The number of carbonyl (C=O) groups is 2. The number of rotatable bonds is 7. The Bertz CT molecular complexity index is 929. The molecular formula is C21H20N2O3. The van der Waals surface area contributed by atoms with Crippen LogP contribution in [-0.4, -0.2) is 28.1 Å². The Morgan fingerprint density at radius 1 is 1.12 bits per heavy atom. The average molecular weight is 348 g/mol. The van der Waals surface area contributed by atoms with E-state index < -0.39 is 12.1 Å². The molecule has 3 rings (SSSR count). The highest BCUT2D eigenvalue weighted by Crippen LogP contribution is 2.22. The second-order valence-electron chi connectivity index (χ2n) is 6.03. The molecule has 26 heavy (non-hydrogen) atoms. The lowest BCUT2D eigenvalue weighted by Gasteiger charge is -2.08. The molecule has 2 aromatic carbocycles. The van der Waals surface area contributed by atoms with Crippen molar-refractivity contribution in [1.29, 1.82) is 0 Å². The molecule has 5 nitrogen and oxygen atoms in total. The van der Waals surface area contributed by atoms with E-state index in [1.807, 2.05) is 60.8 Å². The zero-order chi connectivity index (χ0) is 18.4. The molecule has 0 fully saturated rings. The van der Waals surface area contributed by atoms with Gasteiger partial charge in [-0.05, 0) is 17.2 Å². The molecule has 0 aliphatic rings. The molecule has 0 saturated carbocycles. The maximum atomic E-state index is 11.2. The van der Waals surface area contributed by atoms with Gasteiger partial charge in [0.2, 0.25) is 0 Å². The van der Waals surface area contributed by atoms with E-state index in [0.717, 1.165) is 22.0 Å². The highest BCUT2D eigenvalue weighted by molar-refractivity contribution is 5.85. The third-order valence-electron chi connectivity index (χ3n) is 4.20. The summed E-state index contributed by atoms with van der Waals surface area (Å²) in [4.78, 5) is 22.0. The highest BCUT2D eigenvalue weighted by atomic mass is 16.4. The van der Waals surface area contributed by atoms with Gasteiger partial charge < -0.3 is 19.8 Å². The first-order valence-electron chi connectivity index (χ1n) is 8.40. The minimum Gasteiger partial charge on any atom is -0.465 e. The smallest absolute Gasteiger partial charge is 0.405 e. The molecule has 1 heterocycles. The molecule has 132 valence electrons. The van der Waals surface area contributed by atoms with Crippen molar-refractivity contribution < 1.29 is 14.7 Å². The van der Waals surface area contributed by atoms with Crippen LogP contribution in [0.5, 0.6) is 0 Å². The Kier molecular flexibility index (Phi) is 5.49. The summed E-state index contributed by atoms with van der Waals surface area (Å²) in [6, 6.07) is 17.2. The van der Waals surface area contributed by atoms with Gasteiger partial charge in [-0.25, -0.2) is 4.79 Å². The van der Waals surface area contributed by atoms with E-state index in [0.29, 0.717) is 19.3 Å². The van der Waals surface area contributed by atoms with E-state index in [-0.39, 0.29) is 0 Å². The van der Waals surface area contributed by atoms with Crippen LogP contribution in [0.2, 0.25) is 0 Å². The van der Waals surface area contributed by atoms with Gasteiger partial charge in [0.1, 0.15) is 6.29 Å². The highest BCUT2D eigenvalue weighted by Gasteiger charge is 2.15. The lowest BCUT2D eigenvalue weighted by molar-refractivity contribution is -0.109. The molecule has 1 amide bonds. The number of carbonyl (C=O) groups excluding carboxylic acids is 1. The number of benzene rings is 2. The number of allylic oxidation sites excluding steroid dienone is 1. The third-order valence-corrected chi connectivity index (χ3v) is 4.20. The van der Waals surface area contributed by atoms with Gasteiger partial charge in [-0.15, -0.1) is 0 Å². The summed E-state index contributed by atoms with van der Waals surface area (Å²) >= 11 is 0. The fraction of sp³-hybridized carbons (Fsp3) is 0.143. The Morgan fingerprint density at radius 2 is 1.85 bits per heavy atom. The van der Waals surface area contributed by atoms with Crippen LogP contribution in [0.4, 0.5) is 4.79 Å². The Hall–Kier alpha value is -3.34. The van der Waals surface area contributed by atoms with E-state index >= 15 is 0 Å². The monoisotopic (exact) mass is 348 g/mol. The topological polar surface area (TPSA) is 71.3 Å². The summed E-state index contributed by atoms with van der Waals surface area (Å²) in [5.41, 5.74) is 3.13. The molecule has 1 atom stereocenters. The summed E-state index contributed by atoms with van der Waals surface area (Å²) in [5.74, 6) is 0. The first kappa shape index (κ1) is 17.5. The van der Waals surface area contributed by atoms with Gasteiger partial charge in [-0.3, -0.25) is 0 Å². The molecule has 0 bridgehead atoms. The number of aromatic nitrogens is 1. The summed E-state index contributed by atoms with van der Waals surface area (Å²) in [6.07, 6.45) is 5.89. The van der Waals surface area contributed by atoms with E-state index in [9.17, 15) is 9.59 Å². The standard InChI is InChI=1S/C21H20N2O3/c24-15-18(22-21(25)26)13-17-14-23(20-11-5-4-10-19(17)20)12-6-9-16-7-2-1-3-8-16/h1-11,14-15,18,22H,12-13H2,(H,25,26)/t18-/m1/s1. The minimum absolute atomic E-state index is 0.325. The lowest BCUT2D eigenvalue weighted by Crippen LogP contribution is -2.36. The van der Waals surface area contributed by atoms with Crippen LogP contribution in [-0.2, 0) is 17.8 Å². The number of carboxylic acid groups (broad SMARTS) is 1. The zero-order valence-electron chi connectivity index (χ0n) is 14.2. The largest absolute Gasteiger partial charge is 0.465 e. The van der Waals surface area contributed by atoms with Gasteiger partial charge in [0.05, 0.1) is 6.04 Å². The minimum atomic E-state index is -1.20. The summed E-state index contributed by atoms with van der Waals surface area (Å²) in [6.45, 7) is 0.688. The average Bonchev–Trinajstić information content (AvgIpc) is 2.99. The van der Waals surface area contributed by atoms with Crippen LogP contribution >= 0.6 is 0 Å². The van der Waals surface area contributed by atoms with Crippen molar-refractivity contribution in [2.45, 2.75) is 19.0 Å². The first-order chi connectivity index (χ1) is 12.7. The van der Waals surface area contributed by atoms with Crippen LogP contribution in [0.1, 0.15) is 11.1 Å². The maximum absolute atomic E-state index is 11.2. The van der Waals surface area contributed by atoms with Crippen molar-refractivity contribution in [3.8, 4) is 0 Å². The Labute approximate surface area is 151 Å². The van der Waals surface area contributed by atoms with Crippen LogP contribution in [0.3, 0.4) is 0 Å². The number of amides is 1. The molecule has 0 aliphatic carbocycles. The fourth-order valence-corrected chi connectivity index (χ4v) is 3.03. The first-order valence-corrected chi connectivity index (χ1v) is 8.40. The van der Waals surface area contributed by atoms with E-state index in [1.54, 1.807) is 0 Å². The third kappa shape index (κ3) is 4.19. The van der Waals surface area contributed by atoms with Gasteiger partial charge in [0.25, 0.3) is 0 Å². The number of aldehydes is 1. The number of nitrogens with one attached hydrogen (secondary N) is 1. The maximum Gasteiger partial charge on any atom is 0.405 e. The second kappa shape index (κ2) is 8.16. The molecule has 5 heteroatoms. The van der Waals surface area contributed by atoms with E-state index in [4.69, 9.17) is 5.11 Å². The van der Waals surface area contributed by atoms with Crippen molar-refractivity contribution in [1.82, 2.24) is 9.88 Å². The molecule has 2 N–H and O–H groups in total. The number of hydrogen-bond acceptors (Lipinski definition) is 2. The van der Waals surface area contributed by atoms with E-state index in [2.05, 4.69) is 22.0 Å². The van der Waals surface area contributed by atoms with Crippen LogP contribution in [0.25, 0.3) is 17.0 Å². The number of fused-ring (bicyclic) bond motifs is 1. The molecule has 0 aliphatic heterocycles. The lowest BCUT2D eigenvalue weighted by atomic mass is 10.1. The normalized spacial score (nSPS) is 12.3. The van der Waals surface area contributed by atoms with Gasteiger partial charge in [0, 0.05) is 30.1 Å². The molecular weight excluding hydrogens is 328 g/mol. The van der Waals surface area contributed by atoms with Gasteiger partial charge in [-0.2, -0.15) is 0 Å². The number of hydrogen-bond donors (Lipinski definition) is 2. The van der Waals surface area contributed by atoms with Gasteiger partial charge >= 0.3 is 6.09 Å². The fourth-order valence-electron chi connectivity index (χ4n) is 3.03. The molecule has 3 aromatic rings. The predicted molar refractivity (Wildman–Crippen MR) is 102 cm³/mol. The van der Waals surface area contributed by atoms with Crippen molar-refractivity contribution >= 4 is 29.4 Å². The zero-order valence-corrected chi connectivity index (χ0v) is 14.2. The summed E-state index contributed by atoms with van der Waals surface area (Å²) < 4.78 is 2.10. The molecule has 0 unspecified atom stereocenters. The Balaban J connectivity index is 1.83. The van der Waals surface area contributed by atoms with Crippen molar-refractivity contribution in [3.63, 3.8) is 0 Å². The SMILES string of the molecule is O=C[C@@H](Cc1cn(CC=Cc2ccccc2)c2ccccc12)NC(=O)O. The molecule has 0 radical (unpaired) electrons. The van der Waals surface area contributed by atoms with Crippen molar-refractivity contribution in [3.05, 3.63) is 78.0 Å². The molecule has 1 aromatic heterocycles. The Morgan fingerprint density at radius 3 is 2.58 bits per heavy atom. The number of para-hydroxylation sites is 1. The van der Waals surface area contributed by atoms with Crippen LogP contribution in [0.15, 0.2) is 66.9 Å². The number of nitrogens with zero attached hydrogens (tertiary/aromatic N) is 1. The molecule has 0 saturated heterocycles. The summed E-state index contributed by atoms with van der Waals surface area (Å²) in [5, 5.41) is 12.1. The van der Waals surface area contributed by atoms with Gasteiger partial charge in [0.15, 0.2) is 0 Å². The van der Waals surface area contributed by atoms with Crippen molar-refractivity contribution in [2.24, 2.45) is 0 Å². The van der Waals surface area contributed by atoms with Gasteiger partial charge in [-0.1, -0.05) is 60.7 Å². The van der Waals surface area contributed by atoms with Crippen molar-refractivity contribution in [2.75, 3.05) is 0 Å². The van der Waals surface area contributed by atoms with Crippen LogP contribution < -0.4 is 5.32 Å². The van der Waals surface area contributed by atoms with E-state index in [1.165, 1.54) is 0 Å². The molecule has 0 spiro atoms.